The van der Waals surface area contributed by atoms with Gasteiger partial charge in [-0.25, -0.2) is 13.5 Å². The molecule has 1 aliphatic heterocycles. The average Bonchev–Trinajstić information content (AvgIpc) is 3.15. The van der Waals surface area contributed by atoms with E-state index in [0.29, 0.717) is 13.1 Å². The van der Waals surface area contributed by atoms with E-state index >= 15 is 0 Å². The molecule has 1 aliphatic rings. The second-order valence-corrected chi connectivity index (χ2v) is 5.25. The number of hydrogen-bond acceptors (Lipinski definition) is 3. The van der Waals surface area contributed by atoms with Gasteiger partial charge in [0.05, 0.1) is 0 Å². The number of carbonyl (C=O) groups excluding carboxylic acids is 1. The van der Waals surface area contributed by atoms with Crippen molar-refractivity contribution in [1.82, 2.24) is 14.7 Å². The molecule has 0 radical (unpaired) electrons. The van der Waals surface area contributed by atoms with Crippen molar-refractivity contribution in [2.24, 2.45) is 5.73 Å². The molecule has 0 bridgehead atoms. The molecule has 1 unspecified atom stereocenters. The molecule has 3 rings (SSSR count). The van der Waals surface area contributed by atoms with E-state index < -0.39 is 11.6 Å². The molecule has 2 aromatic rings. The van der Waals surface area contributed by atoms with Crippen LogP contribution in [0.15, 0.2) is 30.5 Å². The summed E-state index contributed by atoms with van der Waals surface area (Å²) in [4.78, 5) is 14.1. The second-order valence-electron chi connectivity index (χ2n) is 5.25. The van der Waals surface area contributed by atoms with Crippen molar-refractivity contribution < 1.29 is 13.6 Å². The van der Waals surface area contributed by atoms with Crippen molar-refractivity contribution >= 4 is 5.91 Å². The topological polar surface area (TPSA) is 64.2 Å². The van der Waals surface area contributed by atoms with Gasteiger partial charge in [-0.2, -0.15) is 5.10 Å². The summed E-state index contributed by atoms with van der Waals surface area (Å²) in [6.07, 6.45) is 3.14. The number of amides is 1. The van der Waals surface area contributed by atoms with Crippen LogP contribution in [0.5, 0.6) is 0 Å². The van der Waals surface area contributed by atoms with Gasteiger partial charge in [0.25, 0.3) is 5.91 Å². The summed E-state index contributed by atoms with van der Waals surface area (Å²) in [6.45, 7) is 1.02. The van der Waals surface area contributed by atoms with Crippen molar-refractivity contribution in [2.75, 3.05) is 13.1 Å². The summed E-state index contributed by atoms with van der Waals surface area (Å²) in [5.41, 5.74) is 5.52. The first-order chi connectivity index (χ1) is 10.6. The highest BCUT2D eigenvalue weighted by atomic mass is 19.1. The van der Waals surface area contributed by atoms with Gasteiger partial charge in [0.1, 0.15) is 5.69 Å². The number of nitrogens with zero attached hydrogens (tertiary/aromatic N) is 3. The summed E-state index contributed by atoms with van der Waals surface area (Å²) in [5, 5.41) is 4.02. The smallest absolute Gasteiger partial charge is 0.274 e. The molecule has 1 amide bonds. The summed E-state index contributed by atoms with van der Waals surface area (Å²) in [6, 6.07) is 5.03. The minimum absolute atomic E-state index is 0.00264. The van der Waals surface area contributed by atoms with Crippen molar-refractivity contribution in [3.63, 3.8) is 0 Å². The zero-order valence-electron chi connectivity index (χ0n) is 11.9. The number of likely N-dealkylation sites (tertiary alicyclic amines) is 1. The highest BCUT2D eigenvalue weighted by molar-refractivity contribution is 5.92. The molecule has 1 aromatic carbocycles. The number of hydrogen-bond donors (Lipinski definition) is 1. The van der Waals surface area contributed by atoms with Gasteiger partial charge >= 0.3 is 0 Å². The highest BCUT2D eigenvalue weighted by Crippen LogP contribution is 2.20. The van der Waals surface area contributed by atoms with E-state index in [1.807, 2.05) is 0 Å². The molecular weight excluding hydrogens is 290 g/mol. The monoisotopic (exact) mass is 306 g/mol. The van der Waals surface area contributed by atoms with Crippen LogP contribution in [0.4, 0.5) is 8.78 Å². The van der Waals surface area contributed by atoms with Crippen LogP contribution in [0, 0.1) is 11.6 Å². The van der Waals surface area contributed by atoms with E-state index in [0.717, 1.165) is 29.7 Å². The first-order valence-corrected chi connectivity index (χ1v) is 7.13. The van der Waals surface area contributed by atoms with Gasteiger partial charge in [0.2, 0.25) is 0 Å². The lowest BCUT2D eigenvalue weighted by molar-refractivity contribution is 0.0734. The molecule has 116 valence electrons. The number of aromatic nitrogens is 2. The number of halogens is 2. The molecule has 1 aromatic heterocycles. The summed E-state index contributed by atoms with van der Waals surface area (Å²) in [7, 11) is 0. The molecule has 1 atom stereocenters. The largest absolute Gasteiger partial charge is 0.333 e. The van der Waals surface area contributed by atoms with Crippen LogP contribution in [-0.2, 0) is 0 Å². The minimum Gasteiger partial charge on any atom is -0.333 e. The SMILES string of the molecule is NCC1CCCN1C(=O)c1ccn(-c2c(F)cccc2F)n1. The van der Waals surface area contributed by atoms with Crippen molar-refractivity contribution in [3.8, 4) is 5.69 Å². The van der Waals surface area contributed by atoms with Crippen molar-refractivity contribution in [1.29, 1.82) is 0 Å². The zero-order valence-corrected chi connectivity index (χ0v) is 11.9. The lowest BCUT2D eigenvalue weighted by atomic mass is 10.2. The van der Waals surface area contributed by atoms with Gasteiger partial charge in [0, 0.05) is 25.3 Å². The van der Waals surface area contributed by atoms with E-state index in [1.54, 1.807) is 4.90 Å². The number of carbonyl (C=O) groups is 1. The van der Waals surface area contributed by atoms with Gasteiger partial charge in [-0.1, -0.05) is 6.07 Å². The second kappa shape index (κ2) is 5.84. The van der Waals surface area contributed by atoms with Crippen LogP contribution in [-0.4, -0.2) is 39.7 Å². The minimum atomic E-state index is -0.733. The Bertz CT molecular complexity index is 680. The fourth-order valence-corrected chi connectivity index (χ4v) is 2.77. The lowest BCUT2D eigenvalue weighted by Crippen LogP contribution is -2.40. The van der Waals surface area contributed by atoms with Crippen LogP contribution < -0.4 is 5.73 Å². The standard InChI is InChI=1S/C15H16F2N4O/c16-11-4-1-5-12(17)14(11)21-8-6-13(19-21)15(22)20-7-2-3-10(20)9-18/h1,4-6,8,10H,2-3,7,9,18H2. The Morgan fingerprint density at radius 2 is 2.05 bits per heavy atom. The first kappa shape index (κ1) is 14.6. The van der Waals surface area contributed by atoms with Gasteiger partial charge < -0.3 is 10.6 Å². The van der Waals surface area contributed by atoms with Crippen LogP contribution in [0.3, 0.4) is 0 Å². The Balaban J connectivity index is 1.89. The molecule has 2 N–H and O–H groups in total. The molecule has 1 fully saturated rings. The van der Waals surface area contributed by atoms with Crippen LogP contribution in [0.25, 0.3) is 5.69 Å². The molecule has 1 saturated heterocycles. The van der Waals surface area contributed by atoms with Crippen LogP contribution >= 0.6 is 0 Å². The molecule has 0 saturated carbocycles. The van der Waals surface area contributed by atoms with E-state index in [1.165, 1.54) is 18.3 Å². The Labute approximate surface area is 126 Å². The van der Waals surface area contributed by atoms with Gasteiger partial charge in [-0.3, -0.25) is 4.79 Å². The average molecular weight is 306 g/mol. The third-order valence-electron chi connectivity index (χ3n) is 3.88. The van der Waals surface area contributed by atoms with E-state index in [-0.39, 0.29) is 23.3 Å². The quantitative estimate of drug-likeness (QED) is 0.939. The van der Waals surface area contributed by atoms with Crippen LogP contribution in [0.2, 0.25) is 0 Å². The molecule has 22 heavy (non-hydrogen) atoms. The maximum absolute atomic E-state index is 13.8. The zero-order chi connectivity index (χ0) is 15.7. The van der Waals surface area contributed by atoms with Gasteiger partial charge in [-0.05, 0) is 31.0 Å². The number of nitrogens with two attached hydrogens (primary N) is 1. The van der Waals surface area contributed by atoms with Crippen LogP contribution in [0.1, 0.15) is 23.3 Å². The predicted molar refractivity (Wildman–Crippen MR) is 76.6 cm³/mol. The normalized spacial score (nSPS) is 18.0. The number of para-hydroxylation sites is 1. The molecular formula is C15H16F2N4O. The molecule has 2 heterocycles. The molecule has 5 nitrogen and oxygen atoms in total. The van der Waals surface area contributed by atoms with E-state index in [4.69, 9.17) is 5.73 Å². The summed E-state index contributed by atoms with van der Waals surface area (Å²) in [5.74, 6) is -1.73. The van der Waals surface area contributed by atoms with E-state index in [9.17, 15) is 13.6 Å². The van der Waals surface area contributed by atoms with Crippen molar-refractivity contribution in [2.45, 2.75) is 18.9 Å². The van der Waals surface area contributed by atoms with Gasteiger partial charge in [-0.15, -0.1) is 0 Å². The summed E-state index contributed by atoms with van der Waals surface area (Å²) >= 11 is 0. The maximum Gasteiger partial charge on any atom is 0.274 e. The fraction of sp³-hybridized carbons (Fsp3) is 0.333. The Morgan fingerprint density at radius 1 is 1.32 bits per heavy atom. The Morgan fingerprint density at radius 3 is 2.73 bits per heavy atom. The molecule has 0 spiro atoms. The number of rotatable bonds is 3. The fourth-order valence-electron chi connectivity index (χ4n) is 2.77. The van der Waals surface area contributed by atoms with Gasteiger partial charge in [0.15, 0.2) is 17.3 Å². The first-order valence-electron chi connectivity index (χ1n) is 7.13. The Hall–Kier alpha value is -2.28. The highest BCUT2D eigenvalue weighted by Gasteiger charge is 2.29. The molecule has 7 heteroatoms. The predicted octanol–water partition coefficient (Wildman–Crippen LogP) is 1.71. The summed E-state index contributed by atoms with van der Waals surface area (Å²) < 4.78 is 28.5. The maximum atomic E-state index is 13.8. The third-order valence-corrected chi connectivity index (χ3v) is 3.88. The molecule has 0 aliphatic carbocycles. The Kier molecular flexibility index (Phi) is 3.89. The third kappa shape index (κ3) is 2.48. The van der Waals surface area contributed by atoms with E-state index in [2.05, 4.69) is 5.10 Å². The number of benzene rings is 1. The van der Waals surface area contributed by atoms with Crippen molar-refractivity contribution in [3.05, 3.63) is 47.8 Å². The lowest BCUT2D eigenvalue weighted by Gasteiger charge is -2.22.